The van der Waals surface area contributed by atoms with Crippen LogP contribution in [0.15, 0.2) is 35.5 Å². The number of hydrogen-bond donors (Lipinski definition) is 1. The zero-order valence-corrected chi connectivity index (χ0v) is 14.7. The number of sulfonamides is 1. The van der Waals surface area contributed by atoms with Crippen molar-refractivity contribution in [1.29, 1.82) is 0 Å². The third kappa shape index (κ3) is 3.80. The average molecular weight is 337 g/mol. The summed E-state index contributed by atoms with van der Waals surface area (Å²) in [5.74, 6) is 0.624. The molecule has 1 N–H and O–H groups in total. The van der Waals surface area contributed by atoms with Gasteiger partial charge >= 0.3 is 0 Å². The van der Waals surface area contributed by atoms with Gasteiger partial charge in [-0.3, -0.25) is 0 Å². The van der Waals surface area contributed by atoms with Gasteiger partial charge in [-0.2, -0.15) is 4.31 Å². The lowest BCUT2D eigenvalue weighted by Gasteiger charge is -2.22. The monoisotopic (exact) mass is 337 g/mol. The molecule has 1 atom stereocenters. The van der Waals surface area contributed by atoms with Gasteiger partial charge in [-0.15, -0.1) is 0 Å². The third-order valence-corrected chi connectivity index (χ3v) is 5.69. The quantitative estimate of drug-likeness (QED) is 0.872. The maximum absolute atomic E-state index is 12.7. The SMILES string of the molecule is CCN(CC(O)c1ccc(C)cc1)S(=O)(=O)c1cn(C)c(C)n1. The maximum atomic E-state index is 12.7. The molecule has 23 heavy (non-hydrogen) atoms. The number of benzene rings is 1. The molecule has 0 saturated heterocycles. The number of likely N-dealkylation sites (N-methyl/N-ethyl adjacent to an activating group) is 1. The molecule has 0 amide bonds. The Labute approximate surface area is 137 Å². The van der Waals surface area contributed by atoms with Crippen LogP contribution in [-0.2, 0) is 17.1 Å². The van der Waals surface area contributed by atoms with Crippen LogP contribution >= 0.6 is 0 Å². The molecular weight excluding hydrogens is 314 g/mol. The van der Waals surface area contributed by atoms with Crippen molar-refractivity contribution in [3.8, 4) is 0 Å². The van der Waals surface area contributed by atoms with Crippen molar-refractivity contribution in [2.45, 2.75) is 31.9 Å². The first kappa shape index (κ1) is 17.7. The standard InChI is InChI=1S/C16H23N3O3S/c1-5-19(10-15(20)14-8-6-12(2)7-9-14)23(21,22)16-11-18(4)13(3)17-16/h6-9,11,15,20H,5,10H2,1-4H3. The summed E-state index contributed by atoms with van der Waals surface area (Å²) in [6.07, 6.45) is 0.612. The Bertz CT molecular complexity index is 747. The fourth-order valence-electron chi connectivity index (χ4n) is 2.27. The van der Waals surface area contributed by atoms with E-state index in [2.05, 4.69) is 4.98 Å². The minimum absolute atomic E-state index is 0.00246. The molecule has 0 fully saturated rings. The number of imidazole rings is 1. The van der Waals surface area contributed by atoms with Gasteiger partial charge in [0.25, 0.3) is 10.0 Å². The number of aliphatic hydroxyl groups is 1. The highest BCUT2D eigenvalue weighted by Crippen LogP contribution is 2.20. The summed E-state index contributed by atoms with van der Waals surface area (Å²) >= 11 is 0. The number of aliphatic hydroxyl groups excluding tert-OH is 1. The van der Waals surface area contributed by atoms with E-state index >= 15 is 0 Å². The van der Waals surface area contributed by atoms with Gasteiger partial charge < -0.3 is 9.67 Å². The molecular formula is C16H23N3O3S. The molecule has 0 saturated carbocycles. The molecule has 6 nitrogen and oxygen atoms in total. The normalized spacial score (nSPS) is 13.5. The van der Waals surface area contributed by atoms with Crippen LogP contribution in [0.25, 0.3) is 0 Å². The van der Waals surface area contributed by atoms with Gasteiger partial charge in [-0.05, 0) is 19.4 Å². The number of hydrogen-bond acceptors (Lipinski definition) is 4. The number of rotatable bonds is 6. The summed E-state index contributed by atoms with van der Waals surface area (Å²) in [7, 11) is -1.97. The molecule has 1 unspecified atom stereocenters. The molecule has 1 aromatic carbocycles. The van der Waals surface area contributed by atoms with Crippen LogP contribution in [0.4, 0.5) is 0 Å². The highest BCUT2D eigenvalue weighted by Gasteiger charge is 2.28. The van der Waals surface area contributed by atoms with Gasteiger partial charge in [0.1, 0.15) is 5.82 Å². The van der Waals surface area contributed by atoms with E-state index in [9.17, 15) is 13.5 Å². The molecule has 1 aromatic heterocycles. The smallest absolute Gasteiger partial charge is 0.262 e. The van der Waals surface area contributed by atoms with Crippen LogP contribution in [0.3, 0.4) is 0 Å². The van der Waals surface area contributed by atoms with Gasteiger partial charge in [0.15, 0.2) is 5.03 Å². The molecule has 0 aliphatic rings. The minimum atomic E-state index is -3.72. The molecule has 2 rings (SSSR count). The number of aryl methyl sites for hydroxylation is 3. The Morgan fingerprint density at radius 2 is 1.87 bits per heavy atom. The fourth-order valence-corrected chi connectivity index (χ4v) is 3.75. The Morgan fingerprint density at radius 1 is 1.26 bits per heavy atom. The van der Waals surface area contributed by atoms with Crippen molar-refractivity contribution < 1.29 is 13.5 Å². The van der Waals surface area contributed by atoms with Crippen molar-refractivity contribution in [1.82, 2.24) is 13.9 Å². The second-order valence-corrected chi connectivity index (χ2v) is 7.50. The summed E-state index contributed by atoms with van der Waals surface area (Å²) in [6, 6.07) is 7.41. The Balaban J connectivity index is 2.23. The molecule has 2 aromatic rings. The average Bonchev–Trinajstić information content (AvgIpc) is 2.85. The lowest BCUT2D eigenvalue weighted by atomic mass is 10.1. The number of aromatic nitrogens is 2. The molecule has 1 heterocycles. The maximum Gasteiger partial charge on any atom is 0.262 e. The molecule has 0 radical (unpaired) electrons. The van der Waals surface area contributed by atoms with Gasteiger partial charge in [0.05, 0.1) is 6.10 Å². The van der Waals surface area contributed by atoms with Gasteiger partial charge in [-0.25, -0.2) is 13.4 Å². The summed E-state index contributed by atoms with van der Waals surface area (Å²) in [5.41, 5.74) is 1.78. The third-order valence-electron chi connectivity index (χ3n) is 3.88. The Morgan fingerprint density at radius 3 is 2.35 bits per heavy atom. The van der Waals surface area contributed by atoms with Gasteiger partial charge in [0.2, 0.25) is 0 Å². The van der Waals surface area contributed by atoms with Gasteiger partial charge in [-0.1, -0.05) is 36.8 Å². The molecule has 0 aliphatic heterocycles. The first-order valence-electron chi connectivity index (χ1n) is 7.50. The summed E-state index contributed by atoms with van der Waals surface area (Å²) in [4.78, 5) is 4.09. The predicted octanol–water partition coefficient (Wildman–Crippen LogP) is 1.78. The predicted molar refractivity (Wildman–Crippen MR) is 88.5 cm³/mol. The van der Waals surface area contributed by atoms with Crippen molar-refractivity contribution in [2.24, 2.45) is 7.05 Å². The Hall–Kier alpha value is -1.70. The van der Waals surface area contributed by atoms with E-state index in [-0.39, 0.29) is 18.1 Å². The van der Waals surface area contributed by atoms with E-state index in [1.807, 2.05) is 31.2 Å². The highest BCUT2D eigenvalue weighted by atomic mass is 32.2. The second kappa shape index (κ2) is 6.82. The van der Waals surface area contributed by atoms with Crippen LogP contribution in [0, 0.1) is 13.8 Å². The first-order chi connectivity index (χ1) is 10.8. The summed E-state index contributed by atoms with van der Waals surface area (Å²) < 4.78 is 28.3. The fraction of sp³-hybridized carbons (Fsp3) is 0.438. The molecule has 0 spiro atoms. The van der Waals surface area contributed by atoms with Crippen molar-refractivity contribution in [3.05, 3.63) is 47.4 Å². The topological polar surface area (TPSA) is 75.4 Å². The summed E-state index contributed by atoms with van der Waals surface area (Å²) in [5, 5.41) is 10.4. The highest BCUT2D eigenvalue weighted by molar-refractivity contribution is 7.89. The molecule has 7 heteroatoms. The minimum Gasteiger partial charge on any atom is -0.387 e. The molecule has 126 valence electrons. The Kier molecular flexibility index (Phi) is 5.23. The van der Waals surface area contributed by atoms with Gasteiger partial charge in [0, 0.05) is 26.3 Å². The lowest BCUT2D eigenvalue weighted by Crippen LogP contribution is -2.34. The van der Waals surface area contributed by atoms with E-state index in [4.69, 9.17) is 0 Å². The molecule has 0 bridgehead atoms. The second-order valence-electron chi connectivity index (χ2n) is 5.62. The zero-order valence-electron chi connectivity index (χ0n) is 13.9. The van der Waals surface area contributed by atoms with Crippen LogP contribution in [0.1, 0.15) is 30.0 Å². The largest absolute Gasteiger partial charge is 0.387 e. The first-order valence-corrected chi connectivity index (χ1v) is 8.94. The molecule has 0 aliphatic carbocycles. The van der Waals surface area contributed by atoms with Crippen molar-refractivity contribution in [2.75, 3.05) is 13.1 Å². The van der Waals surface area contributed by atoms with Crippen LogP contribution in [0.2, 0.25) is 0 Å². The van der Waals surface area contributed by atoms with Crippen LogP contribution in [0.5, 0.6) is 0 Å². The van der Waals surface area contributed by atoms with E-state index in [1.54, 1.807) is 25.5 Å². The van der Waals surface area contributed by atoms with Crippen LogP contribution in [-0.4, -0.2) is 40.5 Å². The van der Waals surface area contributed by atoms with Crippen LogP contribution < -0.4 is 0 Å². The summed E-state index contributed by atoms with van der Waals surface area (Å²) in [6.45, 7) is 5.71. The van der Waals surface area contributed by atoms with E-state index < -0.39 is 16.1 Å². The van der Waals surface area contributed by atoms with Crippen molar-refractivity contribution >= 4 is 10.0 Å². The van der Waals surface area contributed by atoms with E-state index in [1.165, 1.54) is 10.5 Å². The zero-order chi connectivity index (χ0) is 17.2. The van der Waals surface area contributed by atoms with E-state index in [0.29, 0.717) is 11.4 Å². The lowest BCUT2D eigenvalue weighted by molar-refractivity contribution is 0.149. The van der Waals surface area contributed by atoms with Crippen molar-refractivity contribution in [3.63, 3.8) is 0 Å². The number of nitrogens with zero attached hydrogens (tertiary/aromatic N) is 3. The van der Waals surface area contributed by atoms with E-state index in [0.717, 1.165) is 5.56 Å².